The molecule has 0 aliphatic carbocycles. The molecule has 16 aromatic rings. The third-order valence-electron chi connectivity index (χ3n) is 25.1. The van der Waals surface area contributed by atoms with Crippen LogP contribution in [-0.2, 0) is 21.7 Å². The Labute approximate surface area is 714 Å². The molecule has 4 aliphatic rings. The highest BCUT2D eigenvalue weighted by atomic mass is 32.2. The van der Waals surface area contributed by atoms with Crippen LogP contribution in [-0.4, -0.2) is 13.4 Å². The minimum atomic E-state index is -0.240. The second-order valence-corrected chi connectivity index (χ2v) is 38.0. The molecule has 0 unspecified atom stereocenters. The first-order valence-corrected chi connectivity index (χ1v) is 43.3. The smallest absolute Gasteiger partial charge is 0.252 e. The minimum absolute atomic E-state index is 0.00894. The molecule has 16 aromatic carbocycles. The Morgan fingerprint density at radius 3 is 1.09 bits per heavy atom. The van der Waals surface area contributed by atoms with Gasteiger partial charge >= 0.3 is 0 Å². The summed E-state index contributed by atoms with van der Waals surface area (Å²) in [6.45, 7) is 27.3. The van der Waals surface area contributed by atoms with Crippen LogP contribution in [0.2, 0.25) is 0 Å². The number of nitrogens with zero attached hydrogens (tertiary/aromatic N) is 5. The molecule has 0 radical (unpaired) electrons. The van der Waals surface area contributed by atoms with Crippen molar-refractivity contribution < 1.29 is 0 Å². The summed E-state index contributed by atoms with van der Waals surface area (Å²) >= 11 is 1.93. The van der Waals surface area contributed by atoms with E-state index in [0.717, 1.165) is 124 Å². The van der Waals surface area contributed by atoms with Crippen LogP contribution >= 0.6 is 11.8 Å². The zero-order valence-corrected chi connectivity index (χ0v) is 71.3. The van der Waals surface area contributed by atoms with E-state index >= 15 is 0 Å². The van der Waals surface area contributed by atoms with Crippen LogP contribution in [0, 0.1) is 0 Å². The largest absolute Gasteiger partial charge is 0.311 e. The molecule has 0 N–H and O–H groups in total. The molecule has 0 atom stereocenters. The van der Waals surface area contributed by atoms with Crippen molar-refractivity contribution in [1.29, 1.82) is 0 Å². The van der Waals surface area contributed by atoms with Gasteiger partial charge in [0.2, 0.25) is 6.71 Å². The van der Waals surface area contributed by atoms with Crippen molar-refractivity contribution in [2.45, 2.75) is 115 Å². The van der Waals surface area contributed by atoms with Gasteiger partial charge in [0, 0.05) is 94.6 Å². The van der Waals surface area contributed by atoms with Crippen LogP contribution in [0.15, 0.2) is 380 Å². The van der Waals surface area contributed by atoms with E-state index in [1.54, 1.807) is 0 Å². The van der Waals surface area contributed by atoms with Crippen molar-refractivity contribution >= 4 is 143 Å². The zero-order chi connectivity index (χ0) is 82.1. The molecule has 4 heterocycles. The maximum absolute atomic E-state index is 2.74. The van der Waals surface area contributed by atoms with Crippen LogP contribution in [0.25, 0.3) is 44.5 Å². The Bertz CT molecular complexity index is 6490. The molecule has 0 saturated carbocycles. The third kappa shape index (κ3) is 13.2. The molecule has 582 valence electrons. The van der Waals surface area contributed by atoms with Crippen molar-refractivity contribution in [3.05, 3.63) is 392 Å². The van der Waals surface area contributed by atoms with Gasteiger partial charge in [-0.25, -0.2) is 0 Å². The fraction of sp³-hybridized carbons (Fsp3) is 0.143. The van der Waals surface area contributed by atoms with Crippen molar-refractivity contribution in [2.75, 3.05) is 24.5 Å². The van der Waals surface area contributed by atoms with E-state index < -0.39 is 0 Å². The van der Waals surface area contributed by atoms with E-state index in [-0.39, 0.29) is 35.1 Å². The van der Waals surface area contributed by atoms with Crippen LogP contribution in [0.4, 0.5) is 85.3 Å². The van der Waals surface area contributed by atoms with Crippen LogP contribution in [0.5, 0.6) is 0 Å². The molecule has 120 heavy (non-hydrogen) atoms. The monoisotopic (exact) mass is 1570 g/mol. The van der Waals surface area contributed by atoms with Gasteiger partial charge in [0.25, 0.3) is 6.71 Å². The molecule has 0 spiro atoms. The summed E-state index contributed by atoms with van der Waals surface area (Å²) in [5.74, 6) is 0. The second-order valence-electron chi connectivity index (χ2n) is 36.9. The van der Waals surface area contributed by atoms with Gasteiger partial charge in [-0.3, -0.25) is 0 Å². The molecule has 4 aliphatic heterocycles. The molecule has 0 fully saturated rings. The van der Waals surface area contributed by atoms with Crippen molar-refractivity contribution in [1.82, 2.24) is 0 Å². The van der Waals surface area contributed by atoms with E-state index in [9.17, 15) is 0 Å². The third-order valence-corrected chi connectivity index (χ3v) is 26.2. The first kappa shape index (κ1) is 75.7. The number of fused-ring (bicyclic) bond motifs is 8. The lowest BCUT2D eigenvalue weighted by Gasteiger charge is -2.46. The van der Waals surface area contributed by atoms with Gasteiger partial charge in [-0.2, -0.15) is 0 Å². The minimum Gasteiger partial charge on any atom is -0.311 e. The fourth-order valence-corrected chi connectivity index (χ4v) is 20.2. The number of para-hydroxylation sites is 9. The Morgan fingerprint density at radius 2 is 0.600 bits per heavy atom. The molecule has 5 nitrogen and oxygen atoms in total. The molecule has 20 rings (SSSR count). The Hall–Kier alpha value is -13.0. The average molecular weight is 1570 g/mol. The number of hydrogen-bond acceptors (Lipinski definition) is 6. The van der Waals surface area contributed by atoms with E-state index in [4.69, 9.17) is 0 Å². The Morgan fingerprint density at radius 1 is 0.233 bits per heavy atom. The number of anilines is 15. The van der Waals surface area contributed by atoms with Gasteiger partial charge in [-0.05, 0) is 197 Å². The predicted octanol–water partition coefficient (Wildman–Crippen LogP) is 27.3. The van der Waals surface area contributed by atoms with Crippen molar-refractivity contribution in [3.63, 3.8) is 0 Å². The van der Waals surface area contributed by atoms with Gasteiger partial charge in [0.05, 0.1) is 22.7 Å². The predicted molar refractivity (Wildman–Crippen MR) is 516 cm³/mol. The quantitative estimate of drug-likeness (QED) is 0.106. The number of benzene rings is 16. The van der Waals surface area contributed by atoms with Gasteiger partial charge in [-0.1, -0.05) is 367 Å². The maximum atomic E-state index is 2.74. The fourth-order valence-electron chi connectivity index (χ4n) is 19.0. The van der Waals surface area contributed by atoms with Gasteiger partial charge in [-0.15, -0.1) is 0 Å². The first-order valence-electron chi connectivity index (χ1n) is 42.4. The van der Waals surface area contributed by atoms with Crippen LogP contribution in [0.3, 0.4) is 0 Å². The molecular weight excluding hydrogens is 1470 g/mol. The lowest BCUT2D eigenvalue weighted by Crippen LogP contribution is -2.64. The summed E-state index contributed by atoms with van der Waals surface area (Å²) in [6.07, 6.45) is 0. The van der Waals surface area contributed by atoms with Crippen molar-refractivity contribution in [3.8, 4) is 44.5 Å². The topological polar surface area (TPSA) is 16.2 Å². The summed E-state index contributed by atoms with van der Waals surface area (Å²) in [4.78, 5) is 15.3. The van der Waals surface area contributed by atoms with Crippen molar-refractivity contribution in [2.24, 2.45) is 0 Å². The molecule has 0 saturated heterocycles. The number of rotatable bonds is 13. The molecule has 0 bridgehead atoms. The van der Waals surface area contributed by atoms with E-state index in [1.165, 1.54) is 70.4 Å². The Kier molecular flexibility index (Phi) is 18.6. The number of hydrogen-bond donors (Lipinski definition) is 0. The lowest BCUT2D eigenvalue weighted by molar-refractivity contribution is 0.590. The van der Waals surface area contributed by atoms with Gasteiger partial charge < -0.3 is 24.5 Å². The molecule has 8 heteroatoms. The summed E-state index contributed by atoms with van der Waals surface area (Å²) in [5.41, 5.74) is 38.3. The zero-order valence-electron chi connectivity index (χ0n) is 70.5. The highest BCUT2D eigenvalue weighted by molar-refractivity contribution is 8.00. The lowest BCUT2D eigenvalue weighted by atomic mass is 9.31. The Balaban J connectivity index is 0.904. The maximum Gasteiger partial charge on any atom is 0.252 e. The second kappa shape index (κ2) is 29.5. The van der Waals surface area contributed by atoms with Crippen LogP contribution in [0.1, 0.15) is 105 Å². The SMILES string of the molecule is CC(C)(C)c1ccc(-c2ccccc2N(c2ccccc2)c2cc3c4c(c2)N(c2ccccc2-c2ccc(C(C)(C)C)cc2)c2ccccc2B4c2cc4c(cc2S3)N(c2c(-c3ccc(C(C)(C)C)cc3)cccc2-c2ccc(C(C)(C)C)cc2)c2cc(N(c3ccccc3)c3ccccc3)cc3c2B4c2ccccc2N3c2ccccc2)cc1. The normalized spacial score (nSPS) is 13.2. The summed E-state index contributed by atoms with van der Waals surface area (Å²) in [6, 6.07) is 141. The molecular formula is C112H97B2N5S. The van der Waals surface area contributed by atoms with Crippen LogP contribution < -0.4 is 57.3 Å². The van der Waals surface area contributed by atoms with Gasteiger partial charge in [0.15, 0.2) is 0 Å². The van der Waals surface area contributed by atoms with E-state index in [2.05, 4.69) is 478 Å². The average Bonchev–Trinajstić information content (AvgIpc) is 0.683. The van der Waals surface area contributed by atoms with Gasteiger partial charge in [0.1, 0.15) is 0 Å². The highest BCUT2D eigenvalue weighted by Crippen LogP contribution is 2.56. The standard InChI is InChI=1S/C112H97B2N5S/c1-109(2,3)78-60-52-74(53-61-78)88-42-25-29-48-96(88)116(84-38-21-15-22-39-84)87-70-103-107-105(71-87)120-104-73-100-94(72-95(104)114(107)93-47-28-32-51-99(93)118(103)97-49-30-26-43-89(97)75-54-62-79(63-55-75)110(4,5)6)113-92-46-27-31-50-98(92)117(85-40-23-16-24-41-85)101-68-86(115(82-34-17-13-18-35-82)83-36-19-14-20-37-83)69-102(106(101)113)119(100)108-90(76-56-64-80(65-57-76)111(7,8)9)44-33-45-91(108)77-58-66-81(67-59-77)112(10,11)12/h13-73H,1-12H3. The molecule has 0 aromatic heterocycles. The summed E-state index contributed by atoms with van der Waals surface area (Å²) < 4.78 is 0. The summed E-state index contributed by atoms with van der Waals surface area (Å²) in [5, 5.41) is 0. The van der Waals surface area contributed by atoms with E-state index in [0.29, 0.717) is 0 Å². The first-order chi connectivity index (χ1) is 58.1. The van der Waals surface area contributed by atoms with E-state index in [1.807, 2.05) is 11.8 Å². The molecule has 0 amide bonds. The summed E-state index contributed by atoms with van der Waals surface area (Å²) in [7, 11) is 0. The highest BCUT2D eigenvalue weighted by Gasteiger charge is 2.49.